The van der Waals surface area contributed by atoms with Crippen molar-refractivity contribution in [2.45, 2.75) is 13.8 Å². The lowest BCUT2D eigenvalue weighted by atomic mass is 10.0. The zero-order valence-corrected chi connectivity index (χ0v) is 11.0. The van der Waals surface area contributed by atoms with Gasteiger partial charge in [-0.2, -0.15) is 0 Å². The normalized spacial score (nSPS) is 10.1. The van der Waals surface area contributed by atoms with Crippen LogP contribution in [0.5, 0.6) is 0 Å². The van der Waals surface area contributed by atoms with Gasteiger partial charge in [0.1, 0.15) is 0 Å². The summed E-state index contributed by atoms with van der Waals surface area (Å²) in [5.41, 5.74) is 5.89. The molecule has 2 aromatic carbocycles. The van der Waals surface area contributed by atoms with Crippen molar-refractivity contribution in [3.8, 4) is 11.1 Å². The molecule has 0 saturated carbocycles. The fraction of sp³-hybridized carbons (Fsp3) is 0.176. The van der Waals surface area contributed by atoms with E-state index in [0.29, 0.717) is 0 Å². The third-order valence-electron chi connectivity index (χ3n) is 2.95. The van der Waals surface area contributed by atoms with E-state index in [4.69, 9.17) is 0 Å². The Morgan fingerprint density at radius 1 is 1.06 bits per heavy atom. The van der Waals surface area contributed by atoms with E-state index in [9.17, 15) is 0 Å². The second-order valence-corrected chi connectivity index (χ2v) is 4.46. The maximum atomic E-state index is 4.06. The molecular weight excluding hydrogens is 218 g/mol. The summed E-state index contributed by atoms with van der Waals surface area (Å²) >= 11 is 0. The molecule has 0 aliphatic carbocycles. The van der Waals surface area contributed by atoms with Crippen LogP contribution in [0.4, 0.5) is 0 Å². The first kappa shape index (κ1) is 12.4. The molecule has 1 N–H and O–H groups in total. The molecule has 18 heavy (non-hydrogen) atoms. The first-order chi connectivity index (χ1) is 8.70. The SMILES string of the molecule is C=C(NCC)c1cccc(-c2cccc(C)c2)c1. The minimum atomic E-state index is 0.896. The number of hydrogen-bond donors (Lipinski definition) is 1. The predicted molar refractivity (Wildman–Crippen MR) is 79.3 cm³/mol. The molecule has 0 bridgehead atoms. The zero-order chi connectivity index (χ0) is 13.0. The first-order valence-corrected chi connectivity index (χ1v) is 6.31. The van der Waals surface area contributed by atoms with Gasteiger partial charge >= 0.3 is 0 Å². The van der Waals surface area contributed by atoms with Gasteiger partial charge in [-0.1, -0.05) is 54.6 Å². The number of aryl methyl sites for hydroxylation is 1. The minimum absolute atomic E-state index is 0.896. The second-order valence-electron chi connectivity index (χ2n) is 4.46. The monoisotopic (exact) mass is 237 g/mol. The van der Waals surface area contributed by atoms with Gasteiger partial charge in [0.25, 0.3) is 0 Å². The summed E-state index contributed by atoms with van der Waals surface area (Å²) in [5.74, 6) is 0. The van der Waals surface area contributed by atoms with Gasteiger partial charge < -0.3 is 5.32 Å². The van der Waals surface area contributed by atoms with Crippen LogP contribution < -0.4 is 5.32 Å². The van der Waals surface area contributed by atoms with Crippen molar-refractivity contribution in [3.63, 3.8) is 0 Å². The average Bonchev–Trinajstić information content (AvgIpc) is 2.39. The van der Waals surface area contributed by atoms with Crippen LogP contribution in [0.1, 0.15) is 18.1 Å². The van der Waals surface area contributed by atoms with E-state index in [0.717, 1.165) is 17.8 Å². The molecule has 92 valence electrons. The molecule has 0 saturated heterocycles. The van der Waals surface area contributed by atoms with E-state index in [1.54, 1.807) is 0 Å². The molecule has 1 nitrogen and oxygen atoms in total. The van der Waals surface area contributed by atoms with Crippen LogP contribution in [0.25, 0.3) is 16.8 Å². The highest BCUT2D eigenvalue weighted by atomic mass is 14.9. The summed E-state index contributed by atoms with van der Waals surface area (Å²) in [6.07, 6.45) is 0. The van der Waals surface area contributed by atoms with Crippen molar-refractivity contribution in [3.05, 3.63) is 66.2 Å². The summed E-state index contributed by atoms with van der Waals surface area (Å²) in [4.78, 5) is 0. The molecule has 0 fully saturated rings. The Morgan fingerprint density at radius 3 is 2.39 bits per heavy atom. The number of nitrogens with one attached hydrogen (secondary N) is 1. The van der Waals surface area contributed by atoms with E-state index in [-0.39, 0.29) is 0 Å². The summed E-state index contributed by atoms with van der Waals surface area (Å²) < 4.78 is 0. The van der Waals surface area contributed by atoms with Crippen molar-refractivity contribution in [1.82, 2.24) is 5.32 Å². The van der Waals surface area contributed by atoms with Gasteiger partial charge in [0.2, 0.25) is 0 Å². The standard InChI is InChI=1S/C17H19N/c1-4-18-14(3)15-8-6-10-17(12-15)16-9-5-7-13(2)11-16/h5-12,18H,3-4H2,1-2H3. The van der Waals surface area contributed by atoms with E-state index in [2.05, 4.69) is 74.3 Å². The Balaban J connectivity index is 2.35. The molecule has 0 heterocycles. The topological polar surface area (TPSA) is 12.0 Å². The van der Waals surface area contributed by atoms with Crippen molar-refractivity contribution >= 4 is 5.70 Å². The van der Waals surface area contributed by atoms with Crippen LogP contribution in [0.15, 0.2) is 55.1 Å². The first-order valence-electron chi connectivity index (χ1n) is 6.31. The van der Waals surface area contributed by atoms with E-state index in [1.807, 2.05) is 0 Å². The van der Waals surface area contributed by atoms with Crippen LogP contribution in [-0.4, -0.2) is 6.54 Å². The van der Waals surface area contributed by atoms with E-state index < -0.39 is 0 Å². The van der Waals surface area contributed by atoms with E-state index >= 15 is 0 Å². The largest absolute Gasteiger partial charge is 0.385 e. The van der Waals surface area contributed by atoms with Crippen molar-refractivity contribution in [2.24, 2.45) is 0 Å². The fourth-order valence-corrected chi connectivity index (χ4v) is 2.03. The Morgan fingerprint density at radius 2 is 1.72 bits per heavy atom. The maximum Gasteiger partial charge on any atom is 0.0340 e. The highest BCUT2D eigenvalue weighted by molar-refractivity contribution is 5.71. The van der Waals surface area contributed by atoms with Crippen LogP contribution in [-0.2, 0) is 0 Å². The molecule has 2 rings (SSSR count). The lowest BCUT2D eigenvalue weighted by molar-refractivity contribution is 0.942. The van der Waals surface area contributed by atoms with Gasteiger partial charge in [-0.25, -0.2) is 0 Å². The van der Waals surface area contributed by atoms with Gasteiger partial charge in [-0.15, -0.1) is 0 Å². The molecule has 0 aliphatic heterocycles. The van der Waals surface area contributed by atoms with Crippen molar-refractivity contribution in [1.29, 1.82) is 0 Å². The Labute approximate surface area is 109 Å². The van der Waals surface area contributed by atoms with Gasteiger partial charge in [0.15, 0.2) is 0 Å². The summed E-state index contributed by atoms with van der Waals surface area (Å²) in [5, 5.41) is 3.26. The van der Waals surface area contributed by atoms with Gasteiger partial charge in [-0.05, 0) is 36.6 Å². The molecule has 0 atom stereocenters. The number of rotatable bonds is 4. The molecule has 0 amide bonds. The predicted octanol–water partition coefficient (Wildman–Crippen LogP) is 4.24. The van der Waals surface area contributed by atoms with Gasteiger partial charge in [0, 0.05) is 12.2 Å². The average molecular weight is 237 g/mol. The Kier molecular flexibility index (Phi) is 3.83. The molecular formula is C17H19N. The summed E-state index contributed by atoms with van der Waals surface area (Å²) in [7, 11) is 0. The molecule has 0 aliphatic rings. The molecule has 0 aromatic heterocycles. The third-order valence-corrected chi connectivity index (χ3v) is 2.95. The van der Waals surface area contributed by atoms with Crippen molar-refractivity contribution < 1.29 is 0 Å². The second kappa shape index (κ2) is 5.54. The number of benzene rings is 2. The van der Waals surface area contributed by atoms with Crippen LogP contribution in [0, 0.1) is 6.92 Å². The maximum absolute atomic E-state index is 4.06. The van der Waals surface area contributed by atoms with Crippen molar-refractivity contribution in [2.75, 3.05) is 6.54 Å². The quantitative estimate of drug-likeness (QED) is 0.838. The van der Waals surface area contributed by atoms with Gasteiger partial charge in [0.05, 0.1) is 0 Å². The lowest BCUT2D eigenvalue weighted by Gasteiger charge is -2.10. The van der Waals surface area contributed by atoms with Crippen LogP contribution in [0.3, 0.4) is 0 Å². The van der Waals surface area contributed by atoms with E-state index in [1.165, 1.54) is 16.7 Å². The molecule has 1 heteroatoms. The molecule has 2 aromatic rings. The number of hydrogen-bond acceptors (Lipinski definition) is 1. The highest BCUT2D eigenvalue weighted by Gasteiger charge is 2.01. The van der Waals surface area contributed by atoms with Crippen LogP contribution >= 0.6 is 0 Å². The Bertz CT molecular complexity index is 555. The van der Waals surface area contributed by atoms with Crippen LogP contribution in [0.2, 0.25) is 0 Å². The fourth-order valence-electron chi connectivity index (χ4n) is 2.03. The molecule has 0 spiro atoms. The highest BCUT2D eigenvalue weighted by Crippen LogP contribution is 2.23. The minimum Gasteiger partial charge on any atom is -0.385 e. The smallest absolute Gasteiger partial charge is 0.0340 e. The molecule has 0 unspecified atom stereocenters. The molecule has 0 radical (unpaired) electrons. The summed E-state index contributed by atoms with van der Waals surface area (Å²) in [6, 6.07) is 17.0. The lowest BCUT2D eigenvalue weighted by Crippen LogP contribution is -2.09. The van der Waals surface area contributed by atoms with Gasteiger partial charge in [-0.3, -0.25) is 0 Å². The summed E-state index contributed by atoms with van der Waals surface area (Å²) in [6.45, 7) is 9.15. The third kappa shape index (κ3) is 2.80. The zero-order valence-electron chi connectivity index (χ0n) is 11.0. The Hall–Kier alpha value is -2.02.